The zero-order valence-corrected chi connectivity index (χ0v) is 20.3. The Hall–Kier alpha value is -1.33. The summed E-state index contributed by atoms with van der Waals surface area (Å²) in [5.74, 6) is -0.531. The van der Waals surface area contributed by atoms with Gasteiger partial charge in [-0.25, -0.2) is 8.42 Å². The first kappa shape index (κ1) is 24.3. The van der Waals surface area contributed by atoms with Crippen molar-refractivity contribution < 1.29 is 18.3 Å². The van der Waals surface area contributed by atoms with Crippen LogP contribution >= 0.6 is 47.0 Å². The van der Waals surface area contributed by atoms with Gasteiger partial charge >= 0.3 is 0 Å². The average Bonchev–Trinajstić information content (AvgIpc) is 3.17. The van der Waals surface area contributed by atoms with Crippen LogP contribution in [0.3, 0.4) is 0 Å². The van der Waals surface area contributed by atoms with E-state index in [0.717, 1.165) is 0 Å². The van der Waals surface area contributed by atoms with Crippen LogP contribution in [0, 0.1) is 0 Å². The predicted octanol–water partition coefficient (Wildman–Crippen LogP) is 4.96. The van der Waals surface area contributed by atoms with E-state index in [4.69, 9.17) is 51.8 Å². The lowest BCUT2D eigenvalue weighted by atomic mass is 10.2. The van der Waals surface area contributed by atoms with E-state index in [1.165, 1.54) is 23.5 Å². The highest BCUT2D eigenvalue weighted by Crippen LogP contribution is 2.40. The standard InChI is InChI=1S/C19H20Cl3N3O4S2/c1-29-10-11-4-3-9-25(11)31(27,28)18-13(21)7-8-15(17(18)26)24-19(30)23-14-6-2-5-12(20)16(14)22/h2,5-8,11,26H,3-4,9-10H2,1H3,(H2,23,24,30). The highest BCUT2D eigenvalue weighted by Gasteiger charge is 2.38. The molecule has 2 aromatic carbocycles. The number of nitrogens with zero attached hydrogens (tertiary/aromatic N) is 1. The summed E-state index contributed by atoms with van der Waals surface area (Å²) in [7, 11) is -2.56. The van der Waals surface area contributed by atoms with Gasteiger partial charge in [0.1, 0.15) is 4.90 Å². The van der Waals surface area contributed by atoms with E-state index >= 15 is 0 Å². The quantitative estimate of drug-likeness (QED) is 0.363. The molecule has 0 aliphatic carbocycles. The molecule has 0 bridgehead atoms. The topological polar surface area (TPSA) is 90.9 Å². The number of benzene rings is 2. The Labute approximate surface area is 201 Å². The molecule has 0 amide bonds. The Kier molecular flexibility index (Phi) is 7.90. The number of phenolic OH excluding ortho intramolecular Hbond substituents is 1. The number of sulfonamides is 1. The third-order valence-corrected chi connectivity index (χ3v) is 8.26. The van der Waals surface area contributed by atoms with Crippen LogP contribution in [-0.2, 0) is 14.8 Å². The molecule has 3 rings (SSSR count). The molecule has 3 N–H and O–H groups in total. The number of rotatable bonds is 6. The van der Waals surface area contributed by atoms with Crippen LogP contribution in [0.5, 0.6) is 5.75 Å². The molecule has 0 aromatic heterocycles. The number of methoxy groups -OCH3 is 1. The number of anilines is 2. The van der Waals surface area contributed by atoms with E-state index in [1.807, 2.05) is 0 Å². The summed E-state index contributed by atoms with van der Waals surface area (Å²) in [4.78, 5) is -0.384. The summed E-state index contributed by atoms with van der Waals surface area (Å²) < 4.78 is 33.0. The third kappa shape index (κ3) is 5.19. The van der Waals surface area contributed by atoms with Crippen LogP contribution in [0.15, 0.2) is 35.2 Å². The van der Waals surface area contributed by atoms with Gasteiger partial charge in [-0.05, 0) is 49.3 Å². The molecule has 168 valence electrons. The molecule has 1 saturated heterocycles. The Morgan fingerprint density at radius 2 is 1.90 bits per heavy atom. The van der Waals surface area contributed by atoms with Crippen LogP contribution in [0.4, 0.5) is 11.4 Å². The minimum atomic E-state index is -4.07. The number of ether oxygens (including phenoxy) is 1. The van der Waals surface area contributed by atoms with Crippen molar-refractivity contribution in [3.8, 4) is 5.75 Å². The Morgan fingerprint density at radius 1 is 1.19 bits per heavy atom. The Morgan fingerprint density at radius 3 is 2.61 bits per heavy atom. The first-order chi connectivity index (χ1) is 14.7. The summed E-state index contributed by atoms with van der Waals surface area (Å²) in [5.41, 5.74) is 0.522. The molecule has 1 aliphatic heterocycles. The maximum Gasteiger partial charge on any atom is 0.248 e. The highest BCUT2D eigenvalue weighted by molar-refractivity contribution is 7.89. The number of hydrogen-bond donors (Lipinski definition) is 3. The maximum absolute atomic E-state index is 13.3. The highest BCUT2D eigenvalue weighted by atomic mass is 35.5. The number of hydrogen-bond acceptors (Lipinski definition) is 5. The zero-order valence-electron chi connectivity index (χ0n) is 16.4. The molecule has 31 heavy (non-hydrogen) atoms. The number of halogens is 3. The normalized spacial score (nSPS) is 17.0. The van der Waals surface area contributed by atoms with Crippen LogP contribution in [0.2, 0.25) is 15.1 Å². The van der Waals surface area contributed by atoms with Crippen molar-refractivity contribution in [2.24, 2.45) is 0 Å². The molecule has 1 heterocycles. The fourth-order valence-electron chi connectivity index (χ4n) is 3.37. The van der Waals surface area contributed by atoms with Crippen molar-refractivity contribution >= 4 is 73.5 Å². The van der Waals surface area contributed by atoms with Gasteiger partial charge in [0.15, 0.2) is 10.9 Å². The van der Waals surface area contributed by atoms with Gasteiger partial charge in [-0.1, -0.05) is 40.9 Å². The SMILES string of the molecule is COCC1CCCN1S(=O)(=O)c1c(Cl)ccc(NC(=S)Nc2cccc(Cl)c2Cl)c1O. The first-order valence-corrected chi connectivity index (χ1v) is 12.2. The van der Waals surface area contributed by atoms with Crippen molar-refractivity contribution in [2.75, 3.05) is 30.9 Å². The second-order valence-electron chi connectivity index (χ2n) is 6.82. The molecule has 1 unspecified atom stereocenters. The predicted molar refractivity (Wildman–Crippen MR) is 128 cm³/mol. The van der Waals surface area contributed by atoms with Gasteiger partial charge in [0.25, 0.3) is 0 Å². The molecule has 2 aromatic rings. The molecule has 0 spiro atoms. The van der Waals surface area contributed by atoms with Gasteiger partial charge in [0, 0.05) is 19.7 Å². The minimum absolute atomic E-state index is 0.0705. The summed E-state index contributed by atoms with van der Waals surface area (Å²) in [6.45, 7) is 0.570. The second-order valence-corrected chi connectivity index (χ2v) is 10.2. The van der Waals surface area contributed by atoms with E-state index in [0.29, 0.717) is 30.1 Å². The van der Waals surface area contributed by atoms with Crippen molar-refractivity contribution in [3.63, 3.8) is 0 Å². The number of phenols is 1. The van der Waals surface area contributed by atoms with Gasteiger partial charge in [0.05, 0.1) is 33.0 Å². The molecule has 1 atom stereocenters. The summed E-state index contributed by atoms with van der Waals surface area (Å²) in [5, 5.41) is 17.0. The molecular weight excluding hydrogens is 505 g/mol. The smallest absolute Gasteiger partial charge is 0.248 e. The van der Waals surface area contributed by atoms with Crippen LogP contribution in [-0.4, -0.2) is 49.2 Å². The van der Waals surface area contributed by atoms with Crippen molar-refractivity contribution in [1.29, 1.82) is 0 Å². The number of thiocarbonyl (C=S) groups is 1. The summed E-state index contributed by atoms with van der Waals surface area (Å²) in [6, 6.07) is 7.48. The fraction of sp³-hybridized carbons (Fsp3) is 0.316. The van der Waals surface area contributed by atoms with Gasteiger partial charge in [-0.2, -0.15) is 4.31 Å². The van der Waals surface area contributed by atoms with E-state index in [2.05, 4.69) is 10.6 Å². The molecule has 12 heteroatoms. The first-order valence-electron chi connectivity index (χ1n) is 9.21. The molecule has 0 radical (unpaired) electrons. The Balaban J connectivity index is 1.88. The molecule has 7 nitrogen and oxygen atoms in total. The fourth-order valence-corrected chi connectivity index (χ4v) is 6.22. The van der Waals surface area contributed by atoms with Crippen LogP contribution < -0.4 is 10.6 Å². The van der Waals surface area contributed by atoms with Gasteiger partial charge in [-0.3, -0.25) is 0 Å². The Bertz CT molecular complexity index is 1100. The van der Waals surface area contributed by atoms with E-state index < -0.39 is 15.8 Å². The molecule has 1 aliphatic rings. The molecular formula is C19H20Cl3N3O4S2. The third-order valence-electron chi connectivity index (χ3n) is 4.78. The van der Waals surface area contributed by atoms with Gasteiger partial charge in [-0.15, -0.1) is 0 Å². The lowest BCUT2D eigenvalue weighted by Crippen LogP contribution is -2.38. The molecule has 1 fully saturated rings. The van der Waals surface area contributed by atoms with E-state index in [9.17, 15) is 13.5 Å². The lowest BCUT2D eigenvalue weighted by molar-refractivity contribution is 0.149. The van der Waals surface area contributed by atoms with Gasteiger partial charge < -0.3 is 20.5 Å². The number of aromatic hydroxyl groups is 1. The molecule has 0 saturated carbocycles. The largest absolute Gasteiger partial charge is 0.504 e. The van der Waals surface area contributed by atoms with E-state index in [1.54, 1.807) is 18.2 Å². The second kappa shape index (κ2) is 10.1. The van der Waals surface area contributed by atoms with Crippen LogP contribution in [0.1, 0.15) is 12.8 Å². The van der Waals surface area contributed by atoms with Crippen molar-refractivity contribution in [2.45, 2.75) is 23.8 Å². The van der Waals surface area contributed by atoms with Crippen molar-refractivity contribution in [1.82, 2.24) is 4.31 Å². The zero-order chi connectivity index (χ0) is 22.8. The summed E-state index contributed by atoms with van der Waals surface area (Å²) >= 11 is 23.6. The van der Waals surface area contributed by atoms with Crippen LogP contribution in [0.25, 0.3) is 0 Å². The minimum Gasteiger partial charge on any atom is -0.504 e. The summed E-state index contributed by atoms with van der Waals surface area (Å²) in [6.07, 6.45) is 1.36. The van der Waals surface area contributed by atoms with Crippen molar-refractivity contribution in [3.05, 3.63) is 45.4 Å². The maximum atomic E-state index is 13.3. The van der Waals surface area contributed by atoms with Gasteiger partial charge in [0.2, 0.25) is 10.0 Å². The lowest BCUT2D eigenvalue weighted by Gasteiger charge is -2.25. The number of nitrogens with one attached hydrogen (secondary N) is 2. The van der Waals surface area contributed by atoms with E-state index in [-0.39, 0.29) is 38.4 Å². The monoisotopic (exact) mass is 523 g/mol. The average molecular weight is 525 g/mol.